The van der Waals surface area contributed by atoms with Gasteiger partial charge >= 0.3 is 5.97 Å². The van der Waals surface area contributed by atoms with Gasteiger partial charge in [-0.05, 0) is 49.7 Å². The van der Waals surface area contributed by atoms with E-state index in [9.17, 15) is 9.90 Å². The molecule has 1 atom stereocenters. The first kappa shape index (κ1) is 22.2. The maximum Gasteiger partial charge on any atom is 0.335 e. The minimum Gasteiger partial charge on any atom is -0.497 e. The van der Waals surface area contributed by atoms with Crippen molar-refractivity contribution in [1.29, 1.82) is 0 Å². The molecule has 2 aromatic carbocycles. The fourth-order valence-electron chi connectivity index (χ4n) is 2.87. The van der Waals surface area contributed by atoms with Gasteiger partial charge in [0.15, 0.2) is 5.60 Å². The molecule has 0 saturated carbocycles. The van der Waals surface area contributed by atoms with Crippen LogP contribution in [0.15, 0.2) is 48.5 Å². The van der Waals surface area contributed by atoms with E-state index in [-0.39, 0.29) is 6.61 Å². The van der Waals surface area contributed by atoms with Crippen molar-refractivity contribution >= 4 is 29.2 Å². The van der Waals surface area contributed by atoms with Gasteiger partial charge in [-0.1, -0.05) is 42.3 Å². The Balaban J connectivity index is 2.08. The number of benzene rings is 2. The highest BCUT2D eigenvalue weighted by molar-refractivity contribution is 6.34. The lowest BCUT2D eigenvalue weighted by Gasteiger charge is -2.22. The van der Waals surface area contributed by atoms with Gasteiger partial charge in [-0.3, -0.25) is 0 Å². The maximum absolute atomic E-state index is 11.5. The first-order valence-electron chi connectivity index (χ1n) is 9.33. The largest absolute Gasteiger partial charge is 0.497 e. The Morgan fingerprint density at radius 1 is 1.20 bits per heavy atom. The third-order valence-corrected chi connectivity index (χ3v) is 5.48. The second kappa shape index (κ2) is 9.08. The van der Waals surface area contributed by atoms with Crippen molar-refractivity contribution in [2.75, 3.05) is 7.11 Å². The Morgan fingerprint density at radius 2 is 1.97 bits per heavy atom. The van der Waals surface area contributed by atoms with Crippen LogP contribution in [0, 0.1) is 0 Å². The van der Waals surface area contributed by atoms with Crippen molar-refractivity contribution in [2.45, 2.75) is 32.5 Å². The number of nitrogens with zero attached hydrogens (tertiary/aromatic N) is 2. The number of carboxylic acids is 1. The summed E-state index contributed by atoms with van der Waals surface area (Å²) in [5.74, 6) is -0.324. The predicted octanol–water partition coefficient (Wildman–Crippen LogP) is 5.62. The Kier molecular flexibility index (Phi) is 6.71. The van der Waals surface area contributed by atoms with E-state index in [4.69, 9.17) is 32.7 Å². The van der Waals surface area contributed by atoms with Crippen molar-refractivity contribution in [3.8, 4) is 22.7 Å². The van der Waals surface area contributed by atoms with E-state index in [2.05, 4.69) is 5.10 Å². The Morgan fingerprint density at radius 3 is 2.63 bits per heavy atom. The molecule has 6 nitrogen and oxygen atoms in total. The molecule has 158 valence electrons. The second-order valence-corrected chi connectivity index (χ2v) is 7.78. The van der Waals surface area contributed by atoms with E-state index in [1.54, 1.807) is 43.8 Å². The van der Waals surface area contributed by atoms with Crippen LogP contribution < -0.4 is 4.74 Å². The topological polar surface area (TPSA) is 73.6 Å². The molecule has 8 heteroatoms. The number of methoxy groups -OCH3 is 1. The highest BCUT2D eigenvalue weighted by Crippen LogP contribution is 2.32. The van der Waals surface area contributed by atoms with Gasteiger partial charge in [0.25, 0.3) is 0 Å². The number of aromatic nitrogens is 2. The summed E-state index contributed by atoms with van der Waals surface area (Å²) in [6.07, 6.45) is 0.325. The summed E-state index contributed by atoms with van der Waals surface area (Å²) in [6, 6.07) is 14.5. The van der Waals surface area contributed by atoms with Crippen LogP contribution in [0.5, 0.6) is 5.75 Å². The van der Waals surface area contributed by atoms with Gasteiger partial charge in [0, 0.05) is 10.6 Å². The van der Waals surface area contributed by atoms with Crippen LogP contribution >= 0.6 is 23.2 Å². The van der Waals surface area contributed by atoms with Gasteiger partial charge in [-0.15, -0.1) is 0 Å². The van der Waals surface area contributed by atoms with Crippen molar-refractivity contribution in [3.05, 3.63) is 64.3 Å². The van der Waals surface area contributed by atoms with E-state index in [0.29, 0.717) is 33.6 Å². The number of rotatable bonds is 8. The monoisotopic (exact) mass is 448 g/mol. The molecule has 1 aromatic heterocycles. The lowest BCUT2D eigenvalue weighted by Crippen LogP contribution is -2.37. The van der Waals surface area contributed by atoms with Crippen LogP contribution in [0.25, 0.3) is 16.9 Å². The number of hydrogen-bond donors (Lipinski definition) is 1. The lowest BCUT2D eigenvalue weighted by molar-refractivity contribution is -0.165. The molecule has 0 saturated heterocycles. The molecule has 1 N–H and O–H groups in total. The summed E-state index contributed by atoms with van der Waals surface area (Å²) in [6.45, 7) is 3.34. The van der Waals surface area contributed by atoms with Crippen LogP contribution in [0.3, 0.4) is 0 Å². The van der Waals surface area contributed by atoms with E-state index in [0.717, 1.165) is 11.3 Å². The molecule has 0 amide bonds. The summed E-state index contributed by atoms with van der Waals surface area (Å²) in [4.78, 5) is 11.5. The van der Waals surface area contributed by atoms with E-state index in [1.807, 2.05) is 30.3 Å². The normalized spacial score (nSPS) is 13.1. The summed E-state index contributed by atoms with van der Waals surface area (Å²) < 4.78 is 12.7. The number of carbonyl (C=O) groups is 1. The highest BCUT2D eigenvalue weighted by Gasteiger charge is 2.32. The predicted molar refractivity (Wildman–Crippen MR) is 117 cm³/mol. The summed E-state index contributed by atoms with van der Waals surface area (Å²) in [5, 5.41) is 15.1. The Hall–Kier alpha value is -2.54. The molecule has 0 radical (unpaired) electrons. The number of ether oxygens (including phenoxy) is 2. The zero-order valence-electron chi connectivity index (χ0n) is 16.9. The van der Waals surface area contributed by atoms with E-state index in [1.165, 1.54) is 0 Å². The van der Waals surface area contributed by atoms with Gasteiger partial charge in [-0.2, -0.15) is 5.10 Å². The van der Waals surface area contributed by atoms with Gasteiger partial charge in [0.05, 0.1) is 35.8 Å². The third-order valence-electron chi connectivity index (χ3n) is 4.93. The molecule has 0 aliphatic carbocycles. The van der Waals surface area contributed by atoms with Gasteiger partial charge in [0.2, 0.25) is 0 Å². The van der Waals surface area contributed by atoms with Gasteiger partial charge in [0.1, 0.15) is 5.75 Å². The number of aliphatic carboxylic acids is 1. The fourth-order valence-corrected chi connectivity index (χ4v) is 3.23. The molecule has 0 aliphatic rings. The Labute approximate surface area is 184 Å². The molecule has 1 heterocycles. The summed E-state index contributed by atoms with van der Waals surface area (Å²) >= 11 is 12.6. The summed E-state index contributed by atoms with van der Waals surface area (Å²) in [7, 11) is 1.60. The fraction of sp³-hybridized carbons (Fsp3) is 0.273. The third kappa shape index (κ3) is 4.61. The first-order chi connectivity index (χ1) is 14.3. The van der Waals surface area contributed by atoms with Crippen LogP contribution in [0.4, 0.5) is 0 Å². The number of carboxylic acid groups (broad SMARTS) is 1. The van der Waals surface area contributed by atoms with Crippen molar-refractivity contribution in [2.24, 2.45) is 0 Å². The van der Waals surface area contributed by atoms with E-state index >= 15 is 0 Å². The van der Waals surface area contributed by atoms with Crippen LogP contribution in [0.1, 0.15) is 26.0 Å². The molecule has 0 bridgehead atoms. The van der Waals surface area contributed by atoms with Crippen molar-refractivity contribution in [1.82, 2.24) is 9.78 Å². The minimum atomic E-state index is -1.30. The van der Waals surface area contributed by atoms with Gasteiger partial charge in [-0.25, -0.2) is 9.48 Å². The Bertz CT molecular complexity index is 1070. The average molecular weight is 449 g/mol. The number of halogens is 2. The zero-order valence-corrected chi connectivity index (χ0v) is 18.4. The molecule has 0 fully saturated rings. The molecular weight excluding hydrogens is 427 g/mol. The number of hydrogen-bond acceptors (Lipinski definition) is 4. The molecule has 30 heavy (non-hydrogen) atoms. The smallest absolute Gasteiger partial charge is 0.335 e. The zero-order chi connectivity index (χ0) is 21.9. The molecule has 1 unspecified atom stereocenters. The van der Waals surface area contributed by atoms with Gasteiger partial charge < -0.3 is 14.6 Å². The van der Waals surface area contributed by atoms with Crippen molar-refractivity contribution in [3.63, 3.8) is 0 Å². The molecule has 0 spiro atoms. The lowest BCUT2D eigenvalue weighted by atomic mass is 10.0. The quantitative estimate of drug-likeness (QED) is 0.483. The maximum atomic E-state index is 11.5. The second-order valence-electron chi connectivity index (χ2n) is 6.94. The molecule has 3 aromatic rings. The minimum absolute atomic E-state index is 0.0266. The van der Waals surface area contributed by atoms with Crippen LogP contribution in [0.2, 0.25) is 10.0 Å². The standard InChI is InChI=1S/C22H22Cl2N2O4/c1-4-22(2,21(27)28)30-13-16-12-19(14-6-5-7-17(10-14)29-3)26(25-16)20-11-15(23)8-9-18(20)24/h5-12H,4,13H2,1-3H3,(H,27,28). The molecular formula is C22H22Cl2N2O4. The van der Waals surface area contributed by atoms with E-state index < -0.39 is 11.6 Å². The molecule has 0 aliphatic heterocycles. The van der Waals surface area contributed by atoms with Crippen LogP contribution in [-0.4, -0.2) is 33.6 Å². The summed E-state index contributed by atoms with van der Waals surface area (Å²) in [5.41, 5.74) is 1.45. The highest BCUT2D eigenvalue weighted by atomic mass is 35.5. The molecule has 3 rings (SSSR count). The first-order valence-corrected chi connectivity index (χ1v) is 10.1. The van der Waals surface area contributed by atoms with Crippen molar-refractivity contribution < 1.29 is 19.4 Å². The van der Waals surface area contributed by atoms with Crippen LogP contribution in [-0.2, 0) is 16.1 Å². The average Bonchev–Trinajstić information content (AvgIpc) is 3.17. The SMILES string of the molecule is CCC(C)(OCc1cc(-c2cccc(OC)c2)n(-c2cc(Cl)ccc2Cl)n1)C(=O)O.